The monoisotopic (exact) mass is 401 g/mol. The van der Waals surface area contributed by atoms with Crippen molar-refractivity contribution in [2.75, 3.05) is 0 Å². The largest absolute Gasteiger partial charge is 0.455 e. The smallest absolute Gasteiger partial charge is 0.145 e. The summed E-state index contributed by atoms with van der Waals surface area (Å²) in [5, 5.41) is 2.53. The molecular formula is C29H23NO. The fourth-order valence-electron chi connectivity index (χ4n) is 6.35. The Hall–Kier alpha value is -3.39. The fraction of sp³-hybridized carbons (Fsp3) is 0.207. The van der Waals surface area contributed by atoms with Crippen LogP contribution in [0.3, 0.4) is 0 Å². The molecule has 5 aromatic rings. The molecule has 1 saturated carbocycles. The molecule has 2 heteroatoms. The first-order valence-corrected chi connectivity index (χ1v) is 11.3. The maximum absolute atomic E-state index is 6.61. The predicted molar refractivity (Wildman–Crippen MR) is 126 cm³/mol. The van der Waals surface area contributed by atoms with Gasteiger partial charge in [0.25, 0.3) is 0 Å². The molecule has 0 bridgehead atoms. The third kappa shape index (κ3) is 2.15. The molecule has 150 valence electrons. The van der Waals surface area contributed by atoms with Crippen LogP contribution in [0.25, 0.3) is 44.3 Å². The summed E-state index contributed by atoms with van der Waals surface area (Å²) >= 11 is 0. The van der Waals surface area contributed by atoms with Gasteiger partial charge >= 0.3 is 0 Å². The number of benzene rings is 3. The van der Waals surface area contributed by atoms with Gasteiger partial charge < -0.3 is 4.42 Å². The second-order valence-corrected chi connectivity index (χ2v) is 9.15. The fourth-order valence-corrected chi connectivity index (χ4v) is 6.35. The summed E-state index contributed by atoms with van der Waals surface area (Å²) in [6, 6.07) is 24.1. The van der Waals surface area contributed by atoms with E-state index >= 15 is 0 Å². The molecule has 31 heavy (non-hydrogen) atoms. The van der Waals surface area contributed by atoms with Crippen LogP contribution in [0.1, 0.15) is 42.4 Å². The summed E-state index contributed by atoms with van der Waals surface area (Å²) in [6.07, 6.45) is 6.89. The summed E-state index contributed by atoms with van der Waals surface area (Å²) in [4.78, 5) is 4.65. The highest BCUT2D eigenvalue weighted by atomic mass is 16.3. The van der Waals surface area contributed by atoms with E-state index < -0.39 is 0 Å². The van der Waals surface area contributed by atoms with Gasteiger partial charge in [-0.3, -0.25) is 4.98 Å². The molecule has 0 radical (unpaired) electrons. The van der Waals surface area contributed by atoms with Gasteiger partial charge in [-0.15, -0.1) is 0 Å². The van der Waals surface area contributed by atoms with E-state index in [2.05, 4.69) is 66.5 Å². The molecule has 0 amide bonds. The van der Waals surface area contributed by atoms with Crippen molar-refractivity contribution in [2.45, 2.75) is 38.0 Å². The maximum atomic E-state index is 6.61. The second-order valence-electron chi connectivity index (χ2n) is 9.15. The van der Waals surface area contributed by atoms with E-state index in [0.717, 1.165) is 22.4 Å². The standard InChI is InChI=1S/C29H23NO/c1-18-11-12-21-26-24(31-28(21)25(18)23-10-4-7-17-30-23)14-13-20-19-8-2-3-9-22(19)29(27(20)26)15-5-6-16-29/h2-4,7-14,17H,5-6,15-16H2,1H3. The first-order valence-electron chi connectivity index (χ1n) is 11.3. The molecule has 1 fully saturated rings. The molecule has 2 nitrogen and oxygen atoms in total. The molecule has 7 rings (SSSR count). The third-order valence-electron chi connectivity index (χ3n) is 7.60. The quantitative estimate of drug-likeness (QED) is 0.286. The minimum Gasteiger partial charge on any atom is -0.455 e. The number of pyridine rings is 1. The summed E-state index contributed by atoms with van der Waals surface area (Å²) in [6.45, 7) is 2.15. The van der Waals surface area contributed by atoms with Gasteiger partial charge in [0.05, 0.1) is 5.69 Å². The van der Waals surface area contributed by atoms with Crippen molar-refractivity contribution < 1.29 is 4.42 Å². The average molecular weight is 402 g/mol. The van der Waals surface area contributed by atoms with Crippen molar-refractivity contribution >= 4 is 21.9 Å². The van der Waals surface area contributed by atoms with Crippen LogP contribution in [0, 0.1) is 6.92 Å². The number of rotatable bonds is 1. The van der Waals surface area contributed by atoms with Crippen molar-refractivity contribution in [1.29, 1.82) is 0 Å². The third-order valence-corrected chi connectivity index (χ3v) is 7.60. The van der Waals surface area contributed by atoms with E-state index in [9.17, 15) is 0 Å². The van der Waals surface area contributed by atoms with Crippen LogP contribution < -0.4 is 0 Å². The lowest BCUT2D eigenvalue weighted by Gasteiger charge is -2.27. The number of hydrogen-bond acceptors (Lipinski definition) is 2. The van der Waals surface area contributed by atoms with Crippen molar-refractivity contribution in [3.05, 3.63) is 89.6 Å². The van der Waals surface area contributed by atoms with Gasteiger partial charge in [-0.2, -0.15) is 0 Å². The van der Waals surface area contributed by atoms with Crippen molar-refractivity contribution in [3.63, 3.8) is 0 Å². The zero-order valence-corrected chi connectivity index (χ0v) is 17.6. The second kappa shape index (κ2) is 6.07. The van der Waals surface area contributed by atoms with Gasteiger partial charge in [-0.25, -0.2) is 0 Å². The van der Waals surface area contributed by atoms with Crippen LogP contribution in [-0.4, -0.2) is 4.98 Å². The number of aryl methyl sites for hydroxylation is 1. The highest BCUT2D eigenvalue weighted by Gasteiger charge is 2.46. The van der Waals surface area contributed by atoms with Gasteiger partial charge in [0.1, 0.15) is 11.2 Å². The van der Waals surface area contributed by atoms with Crippen LogP contribution >= 0.6 is 0 Å². The number of nitrogens with zero attached hydrogens (tertiary/aromatic N) is 1. The van der Waals surface area contributed by atoms with E-state index in [1.165, 1.54) is 64.3 Å². The Bertz CT molecular complexity index is 1490. The lowest BCUT2D eigenvalue weighted by molar-refractivity contribution is 0.554. The molecule has 2 aliphatic carbocycles. The maximum Gasteiger partial charge on any atom is 0.145 e. The summed E-state index contributed by atoms with van der Waals surface area (Å²) in [5.74, 6) is 0. The Morgan fingerprint density at radius 1 is 0.839 bits per heavy atom. The van der Waals surface area contributed by atoms with Crippen LogP contribution in [0.15, 0.2) is 77.3 Å². The van der Waals surface area contributed by atoms with Crippen LogP contribution in [0.2, 0.25) is 0 Å². The molecule has 0 saturated heterocycles. The minimum atomic E-state index is 0.123. The van der Waals surface area contributed by atoms with Crippen molar-refractivity contribution in [2.24, 2.45) is 0 Å². The Labute approximate surface area is 181 Å². The normalized spacial score (nSPS) is 16.3. The molecule has 0 aliphatic heterocycles. The summed E-state index contributed by atoms with van der Waals surface area (Å²) < 4.78 is 6.61. The van der Waals surface area contributed by atoms with Crippen LogP contribution in [0.4, 0.5) is 0 Å². The lowest BCUT2D eigenvalue weighted by atomic mass is 9.75. The molecule has 2 heterocycles. The van der Waals surface area contributed by atoms with E-state index in [-0.39, 0.29) is 5.41 Å². The highest BCUT2D eigenvalue weighted by molar-refractivity contribution is 6.14. The number of fused-ring (bicyclic) bond motifs is 9. The molecule has 0 N–H and O–H groups in total. The predicted octanol–water partition coefficient (Wildman–Crippen LogP) is 7.80. The summed E-state index contributed by atoms with van der Waals surface area (Å²) in [5.41, 5.74) is 11.2. The first-order chi connectivity index (χ1) is 15.3. The Balaban J connectivity index is 1.63. The van der Waals surface area contributed by atoms with E-state index in [1.807, 2.05) is 18.3 Å². The zero-order chi connectivity index (χ0) is 20.6. The number of hydrogen-bond donors (Lipinski definition) is 0. The van der Waals surface area contributed by atoms with Gasteiger partial charge in [0, 0.05) is 27.9 Å². The SMILES string of the molecule is Cc1ccc2c(oc3ccc4c(c32)C2(CCCC2)c2ccccc2-4)c1-c1ccccn1. The topological polar surface area (TPSA) is 26.0 Å². The molecule has 2 aliphatic rings. The molecule has 3 aromatic carbocycles. The van der Waals surface area contributed by atoms with E-state index in [0.29, 0.717) is 0 Å². The Morgan fingerprint density at radius 2 is 1.68 bits per heavy atom. The summed E-state index contributed by atoms with van der Waals surface area (Å²) in [7, 11) is 0. The zero-order valence-electron chi connectivity index (χ0n) is 17.6. The van der Waals surface area contributed by atoms with Crippen molar-refractivity contribution in [3.8, 4) is 22.4 Å². The van der Waals surface area contributed by atoms with E-state index in [4.69, 9.17) is 4.42 Å². The molecule has 1 spiro atoms. The van der Waals surface area contributed by atoms with Crippen LogP contribution in [-0.2, 0) is 5.41 Å². The lowest BCUT2D eigenvalue weighted by Crippen LogP contribution is -2.20. The Kier molecular flexibility index (Phi) is 3.39. The Morgan fingerprint density at radius 3 is 2.52 bits per heavy atom. The highest BCUT2D eigenvalue weighted by Crippen LogP contribution is 2.59. The number of aromatic nitrogens is 1. The average Bonchev–Trinajstić information content (AvgIpc) is 3.51. The molecule has 2 aromatic heterocycles. The van der Waals surface area contributed by atoms with Crippen molar-refractivity contribution in [1.82, 2.24) is 4.98 Å². The molecule has 0 unspecified atom stereocenters. The van der Waals surface area contributed by atoms with E-state index in [1.54, 1.807) is 0 Å². The molecular weight excluding hydrogens is 378 g/mol. The van der Waals surface area contributed by atoms with Crippen LogP contribution in [0.5, 0.6) is 0 Å². The van der Waals surface area contributed by atoms with Gasteiger partial charge in [0.15, 0.2) is 0 Å². The molecule has 0 atom stereocenters. The van der Waals surface area contributed by atoms with Gasteiger partial charge in [-0.1, -0.05) is 61.4 Å². The number of furan rings is 1. The van der Waals surface area contributed by atoms with Gasteiger partial charge in [0.2, 0.25) is 0 Å². The van der Waals surface area contributed by atoms with Gasteiger partial charge in [-0.05, 0) is 65.8 Å². The minimum absolute atomic E-state index is 0.123. The first kappa shape index (κ1) is 17.3.